The van der Waals surface area contributed by atoms with Crippen LogP contribution in [0.1, 0.15) is 23.1 Å². The summed E-state index contributed by atoms with van der Waals surface area (Å²) in [6, 6.07) is 7.46. The van der Waals surface area contributed by atoms with Crippen molar-refractivity contribution >= 4 is 34.0 Å². The third kappa shape index (κ3) is 3.63. The Bertz CT molecular complexity index is 772. The van der Waals surface area contributed by atoms with Gasteiger partial charge in [-0.1, -0.05) is 25.1 Å². The quantitative estimate of drug-likeness (QED) is 0.838. The number of hydrogen-bond acceptors (Lipinski definition) is 5. The molecule has 0 saturated carbocycles. The number of thiazole rings is 1. The molecule has 0 unspecified atom stereocenters. The molecule has 0 atom stereocenters. The van der Waals surface area contributed by atoms with Crippen LogP contribution in [-0.4, -0.2) is 35.3 Å². The van der Waals surface area contributed by atoms with Gasteiger partial charge in [0.15, 0.2) is 5.13 Å². The first-order chi connectivity index (χ1) is 11.6. The number of likely N-dealkylation sites (N-methyl/N-ethyl adjacent to an activating group) is 1. The molecule has 3 rings (SSSR count). The summed E-state index contributed by atoms with van der Waals surface area (Å²) in [5.74, 6) is -1.37. The Morgan fingerprint density at radius 1 is 1.25 bits per heavy atom. The summed E-state index contributed by atoms with van der Waals surface area (Å²) in [4.78, 5) is 32.0. The highest BCUT2D eigenvalue weighted by Crippen LogP contribution is 2.27. The van der Waals surface area contributed by atoms with Crippen LogP contribution in [0.3, 0.4) is 0 Å². The van der Waals surface area contributed by atoms with E-state index in [4.69, 9.17) is 0 Å². The molecule has 0 fully saturated rings. The SMILES string of the molecule is CCc1ccccc1NC(=O)C(=O)Nc1nc2c(s1)CN(C)CC2. The Hall–Kier alpha value is -2.25. The average molecular weight is 344 g/mol. The molecular formula is C17H20N4O2S. The summed E-state index contributed by atoms with van der Waals surface area (Å²) in [7, 11) is 2.06. The van der Waals surface area contributed by atoms with Crippen molar-refractivity contribution in [2.24, 2.45) is 0 Å². The zero-order valence-electron chi connectivity index (χ0n) is 13.8. The third-order valence-corrected chi connectivity index (χ3v) is 4.99. The van der Waals surface area contributed by atoms with Crippen LogP contribution in [0.2, 0.25) is 0 Å². The number of hydrogen-bond donors (Lipinski definition) is 2. The van der Waals surface area contributed by atoms with E-state index in [0.717, 1.165) is 42.1 Å². The summed E-state index contributed by atoms with van der Waals surface area (Å²) in [5.41, 5.74) is 2.68. The predicted octanol–water partition coefficient (Wildman–Crippen LogP) is 2.27. The Balaban J connectivity index is 1.65. The van der Waals surface area contributed by atoms with Crippen LogP contribution in [0, 0.1) is 0 Å². The van der Waals surface area contributed by atoms with Crippen molar-refractivity contribution in [3.05, 3.63) is 40.4 Å². The van der Waals surface area contributed by atoms with Crippen LogP contribution < -0.4 is 10.6 Å². The van der Waals surface area contributed by atoms with Crippen LogP contribution in [0.25, 0.3) is 0 Å². The number of anilines is 2. The molecule has 0 saturated heterocycles. The monoisotopic (exact) mass is 344 g/mol. The number of aryl methyl sites for hydroxylation is 1. The maximum absolute atomic E-state index is 12.1. The van der Waals surface area contributed by atoms with Gasteiger partial charge in [0.25, 0.3) is 0 Å². The Morgan fingerprint density at radius 2 is 2.00 bits per heavy atom. The van der Waals surface area contributed by atoms with Crippen molar-refractivity contribution in [2.45, 2.75) is 26.3 Å². The van der Waals surface area contributed by atoms with Gasteiger partial charge < -0.3 is 10.2 Å². The van der Waals surface area contributed by atoms with Crippen molar-refractivity contribution in [1.29, 1.82) is 0 Å². The van der Waals surface area contributed by atoms with Gasteiger partial charge in [0.2, 0.25) is 0 Å². The molecule has 6 nitrogen and oxygen atoms in total. The van der Waals surface area contributed by atoms with Crippen LogP contribution in [0.4, 0.5) is 10.8 Å². The fraction of sp³-hybridized carbons (Fsp3) is 0.353. The lowest BCUT2D eigenvalue weighted by Crippen LogP contribution is -2.29. The molecule has 1 aromatic heterocycles. The number of aromatic nitrogens is 1. The summed E-state index contributed by atoms with van der Waals surface area (Å²) < 4.78 is 0. The number of benzene rings is 1. The van der Waals surface area contributed by atoms with E-state index < -0.39 is 11.8 Å². The maximum Gasteiger partial charge on any atom is 0.315 e. The van der Waals surface area contributed by atoms with Gasteiger partial charge in [-0.3, -0.25) is 14.9 Å². The van der Waals surface area contributed by atoms with Gasteiger partial charge >= 0.3 is 11.8 Å². The van der Waals surface area contributed by atoms with E-state index in [1.165, 1.54) is 11.3 Å². The van der Waals surface area contributed by atoms with Crippen LogP contribution in [-0.2, 0) is 29.0 Å². The minimum atomic E-state index is -0.694. The molecule has 126 valence electrons. The molecule has 0 spiro atoms. The Kier molecular flexibility index (Phi) is 4.92. The topological polar surface area (TPSA) is 74.3 Å². The highest BCUT2D eigenvalue weighted by Gasteiger charge is 2.21. The number of carbonyl (C=O) groups is 2. The lowest BCUT2D eigenvalue weighted by Gasteiger charge is -2.20. The minimum Gasteiger partial charge on any atom is -0.318 e. The van der Waals surface area contributed by atoms with Crippen LogP contribution >= 0.6 is 11.3 Å². The first-order valence-corrected chi connectivity index (χ1v) is 8.75. The molecular weight excluding hydrogens is 324 g/mol. The van der Waals surface area contributed by atoms with Gasteiger partial charge in [0.1, 0.15) is 0 Å². The second kappa shape index (κ2) is 7.11. The fourth-order valence-electron chi connectivity index (χ4n) is 2.66. The van der Waals surface area contributed by atoms with Gasteiger partial charge in [-0.25, -0.2) is 4.98 Å². The van der Waals surface area contributed by atoms with Crippen molar-refractivity contribution in [3.63, 3.8) is 0 Å². The van der Waals surface area contributed by atoms with Crippen LogP contribution in [0.15, 0.2) is 24.3 Å². The van der Waals surface area contributed by atoms with Crippen molar-refractivity contribution in [2.75, 3.05) is 24.2 Å². The number of amides is 2. The molecule has 24 heavy (non-hydrogen) atoms. The number of para-hydroxylation sites is 1. The molecule has 1 aliphatic rings. The molecule has 2 amide bonds. The second-order valence-electron chi connectivity index (χ2n) is 5.80. The first-order valence-electron chi connectivity index (χ1n) is 7.94. The molecule has 0 aliphatic carbocycles. The standard InChI is InChI=1S/C17H20N4O2S/c1-3-11-6-4-5-7-12(11)18-15(22)16(23)20-17-19-13-8-9-21(2)10-14(13)24-17/h4-7H,3,8-10H2,1-2H3,(H,18,22)(H,19,20,23). The highest BCUT2D eigenvalue weighted by atomic mass is 32.1. The smallest absolute Gasteiger partial charge is 0.315 e. The summed E-state index contributed by atoms with van der Waals surface area (Å²) in [6.45, 7) is 3.79. The molecule has 0 bridgehead atoms. The molecule has 7 heteroatoms. The third-order valence-electron chi connectivity index (χ3n) is 4.00. The highest BCUT2D eigenvalue weighted by molar-refractivity contribution is 7.16. The molecule has 2 N–H and O–H groups in total. The van der Waals surface area contributed by atoms with Crippen molar-refractivity contribution in [1.82, 2.24) is 9.88 Å². The molecule has 0 radical (unpaired) electrons. The van der Waals surface area contributed by atoms with E-state index in [1.807, 2.05) is 25.1 Å². The maximum atomic E-state index is 12.1. The van der Waals surface area contributed by atoms with Gasteiger partial charge in [-0.2, -0.15) is 0 Å². The molecule has 1 aliphatic heterocycles. The minimum absolute atomic E-state index is 0.485. The lowest BCUT2D eigenvalue weighted by atomic mass is 10.1. The number of rotatable bonds is 3. The zero-order valence-corrected chi connectivity index (χ0v) is 14.6. The number of carbonyl (C=O) groups excluding carboxylic acids is 2. The predicted molar refractivity (Wildman–Crippen MR) is 95.2 cm³/mol. The molecule has 2 heterocycles. The first kappa shape index (κ1) is 16.6. The fourth-order valence-corrected chi connectivity index (χ4v) is 3.74. The Morgan fingerprint density at radius 3 is 2.79 bits per heavy atom. The summed E-state index contributed by atoms with van der Waals surface area (Å²) in [5, 5.41) is 5.76. The Labute approximate surface area is 144 Å². The van der Waals surface area contributed by atoms with Crippen molar-refractivity contribution < 1.29 is 9.59 Å². The van der Waals surface area contributed by atoms with E-state index in [9.17, 15) is 9.59 Å². The second-order valence-corrected chi connectivity index (χ2v) is 6.88. The van der Waals surface area contributed by atoms with E-state index in [1.54, 1.807) is 6.07 Å². The zero-order chi connectivity index (χ0) is 17.1. The lowest BCUT2D eigenvalue weighted by molar-refractivity contribution is -0.133. The summed E-state index contributed by atoms with van der Waals surface area (Å²) >= 11 is 1.43. The van der Waals surface area contributed by atoms with E-state index in [-0.39, 0.29) is 0 Å². The normalized spacial score (nSPS) is 14.1. The largest absolute Gasteiger partial charge is 0.318 e. The van der Waals surface area contributed by atoms with Gasteiger partial charge in [-0.05, 0) is 25.1 Å². The average Bonchev–Trinajstić information content (AvgIpc) is 2.96. The number of nitrogens with zero attached hydrogens (tertiary/aromatic N) is 2. The van der Waals surface area contributed by atoms with Crippen LogP contribution in [0.5, 0.6) is 0 Å². The molecule has 2 aromatic rings. The van der Waals surface area contributed by atoms with Gasteiger partial charge in [0, 0.05) is 30.1 Å². The van der Waals surface area contributed by atoms with Gasteiger partial charge in [-0.15, -0.1) is 11.3 Å². The number of nitrogens with one attached hydrogen (secondary N) is 2. The van der Waals surface area contributed by atoms with Gasteiger partial charge in [0.05, 0.1) is 5.69 Å². The van der Waals surface area contributed by atoms with E-state index >= 15 is 0 Å². The molecule has 1 aromatic carbocycles. The number of fused-ring (bicyclic) bond motifs is 1. The summed E-state index contributed by atoms with van der Waals surface area (Å²) in [6.07, 6.45) is 1.65. The van der Waals surface area contributed by atoms with E-state index in [0.29, 0.717) is 10.8 Å². The van der Waals surface area contributed by atoms with E-state index in [2.05, 4.69) is 27.6 Å². The van der Waals surface area contributed by atoms with Crippen molar-refractivity contribution in [3.8, 4) is 0 Å².